The van der Waals surface area contributed by atoms with Gasteiger partial charge in [0.15, 0.2) is 0 Å². The minimum atomic E-state index is -3.69. The lowest BCUT2D eigenvalue weighted by atomic mass is 10.4. The number of aromatic amines is 1. The average Bonchev–Trinajstić information content (AvgIpc) is 2.75. The lowest BCUT2D eigenvalue weighted by Crippen LogP contribution is -2.12. The molecule has 0 saturated carbocycles. The topological polar surface area (TPSA) is 87.7 Å². The van der Waals surface area contributed by atoms with Crippen LogP contribution < -0.4 is 4.72 Å². The van der Waals surface area contributed by atoms with Gasteiger partial charge >= 0.3 is 0 Å². The van der Waals surface area contributed by atoms with Crippen molar-refractivity contribution in [2.24, 2.45) is 0 Å². The molecule has 0 atom stereocenters. The molecule has 0 amide bonds. The third-order valence-electron chi connectivity index (χ3n) is 1.76. The van der Waals surface area contributed by atoms with E-state index in [0.717, 1.165) is 12.3 Å². The van der Waals surface area contributed by atoms with Crippen LogP contribution in [0.1, 0.15) is 0 Å². The monoisotopic (exact) mass is 242 g/mol. The Morgan fingerprint density at radius 2 is 2.12 bits per heavy atom. The van der Waals surface area contributed by atoms with Gasteiger partial charge in [-0.1, -0.05) is 0 Å². The van der Waals surface area contributed by atoms with Gasteiger partial charge in [-0.3, -0.25) is 9.82 Å². The number of rotatable bonds is 3. The first-order chi connectivity index (χ1) is 7.58. The molecule has 0 fully saturated rings. The Morgan fingerprint density at radius 1 is 1.31 bits per heavy atom. The summed E-state index contributed by atoms with van der Waals surface area (Å²) in [6.45, 7) is 0. The van der Waals surface area contributed by atoms with Crippen molar-refractivity contribution >= 4 is 15.7 Å². The molecule has 16 heavy (non-hydrogen) atoms. The van der Waals surface area contributed by atoms with Crippen molar-refractivity contribution in [2.75, 3.05) is 4.72 Å². The number of halogens is 1. The highest BCUT2D eigenvalue weighted by atomic mass is 32.2. The number of pyridine rings is 1. The van der Waals surface area contributed by atoms with Crippen molar-refractivity contribution in [1.29, 1.82) is 0 Å². The molecule has 84 valence electrons. The molecule has 0 saturated heterocycles. The summed E-state index contributed by atoms with van der Waals surface area (Å²) in [4.78, 5) is 3.32. The largest absolute Gasteiger partial charge is 0.284 e. The van der Waals surface area contributed by atoms with E-state index in [1.165, 1.54) is 18.5 Å². The summed E-state index contributed by atoms with van der Waals surface area (Å²) in [5, 5.41) is 5.91. The van der Waals surface area contributed by atoms with Crippen molar-refractivity contribution in [3.63, 3.8) is 0 Å². The van der Waals surface area contributed by atoms with Crippen LogP contribution >= 0.6 is 0 Å². The summed E-state index contributed by atoms with van der Waals surface area (Å²) >= 11 is 0. The van der Waals surface area contributed by atoms with Crippen LogP contribution in [0.4, 0.5) is 10.1 Å². The van der Waals surface area contributed by atoms with Crippen molar-refractivity contribution in [2.45, 2.75) is 4.90 Å². The minimum Gasteiger partial charge on any atom is -0.284 e. The molecule has 0 spiro atoms. The third kappa shape index (κ3) is 2.16. The summed E-state index contributed by atoms with van der Waals surface area (Å²) in [5.41, 5.74) is 0.183. The number of nitrogens with one attached hydrogen (secondary N) is 2. The number of anilines is 1. The molecule has 2 aromatic heterocycles. The minimum absolute atomic E-state index is 0.00294. The third-order valence-corrected chi connectivity index (χ3v) is 3.11. The van der Waals surface area contributed by atoms with Gasteiger partial charge in [-0.2, -0.15) is 9.49 Å². The van der Waals surface area contributed by atoms with E-state index in [9.17, 15) is 12.8 Å². The zero-order valence-corrected chi connectivity index (χ0v) is 8.70. The number of sulfonamides is 1. The Kier molecular flexibility index (Phi) is 2.57. The van der Waals surface area contributed by atoms with Gasteiger partial charge in [0.25, 0.3) is 10.0 Å². The maximum atomic E-state index is 12.5. The Bertz CT molecular complexity index is 565. The molecule has 0 aliphatic carbocycles. The highest BCUT2D eigenvalue weighted by Gasteiger charge is 2.15. The molecular formula is C8H7FN4O2S. The van der Waals surface area contributed by atoms with Crippen molar-refractivity contribution < 1.29 is 12.8 Å². The Balaban J connectivity index is 2.25. The van der Waals surface area contributed by atoms with Gasteiger partial charge in [-0.15, -0.1) is 0 Å². The van der Waals surface area contributed by atoms with Gasteiger partial charge in [-0.05, 0) is 12.1 Å². The van der Waals surface area contributed by atoms with Gasteiger partial charge in [-0.25, -0.2) is 13.4 Å². The first-order valence-corrected chi connectivity index (χ1v) is 5.69. The fraction of sp³-hybridized carbons (Fsp3) is 0. The maximum Gasteiger partial charge on any atom is 0.265 e. The van der Waals surface area contributed by atoms with Crippen LogP contribution in [0.3, 0.4) is 0 Å². The van der Waals surface area contributed by atoms with E-state index in [1.807, 2.05) is 0 Å². The fourth-order valence-electron chi connectivity index (χ4n) is 1.04. The standard InChI is InChI=1S/C8H7FN4O2S/c9-8-2-1-6(3-10-8)13-16(14,15)7-4-11-12-5-7/h1-5,13H,(H,11,12). The zero-order valence-electron chi connectivity index (χ0n) is 7.88. The Hall–Kier alpha value is -1.96. The second-order valence-corrected chi connectivity index (χ2v) is 4.59. The number of hydrogen-bond acceptors (Lipinski definition) is 4. The highest BCUT2D eigenvalue weighted by Crippen LogP contribution is 2.13. The molecule has 6 nitrogen and oxygen atoms in total. The Morgan fingerprint density at radius 3 is 2.69 bits per heavy atom. The van der Waals surface area contributed by atoms with E-state index >= 15 is 0 Å². The van der Waals surface area contributed by atoms with Crippen molar-refractivity contribution in [3.05, 3.63) is 36.7 Å². The average molecular weight is 242 g/mol. The van der Waals surface area contributed by atoms with Crippen LogP contribution in [0.5, 0.6) is 0 Å². The molecule has 2 aromatic rings. The first-order valence-electron chi connectivity index (χ1n) is 4.21. The van der Waals surface area contributed by atoms with E-state index in [4.69, 9.17) is 0 Å². The molecule has 8 heteroatoms. The van der Waals surface area contributed by atoms with Crippen LogP contribution in [0.15, 0.2) is 35.6 Å². The maximum absolute atomic E-state index is 12.5. The normalized spacial score (nSPS) is 11.3. The predicted octanol–water partition coefficient (Wildman–Crippen LogP) is 0.745. The van der Waals surface area contributed by atoms with Crippen molar-refractivity contribution in [1.82, 2.24) is 15.2 Å². The summed E-state index contributed by atoms with van der Waals surface area (Å²) in [6.07, 6.45) is 3.49. The van der Waals surface area contributed by atoms with Gasteiger partial charge < -0.3 is 0 Å². The lowest BCUT2D eigenvalue weighted by Gasteiger charge is -2.04. The van der Waals surface area contributed by atoms with Crippen LogP contribution in [-0.2, 0) is 10.0 Å². The smallest absolute Gasteiger partial charge is 0.265 e. The van der Waals surface area contributed by atoms with Gasteiger partial charge in [0.1, 0.15) is 4.90 Å². The molecule has 0 aliphatic heterocycles. The predicted molar refractivity (Wildman–Crippen MR) is 53.6 cm³/mol. The summed E-state index contributed by atoms with van der Waals surface area (Å²) in [5.74, 6) is -0.675. The van der Waals surface area contributed by atoms with Gasteiger partial charge in [0.2, 0.25) is 5.95 Å². The molecule has 0 aromatic carbocycles. The van der Waals surface area contributed by atoms with E-state index in [-0.39, 0.29) is 10.6 Å². The highest BCUT2D eigenvalue weighted by molar-refractivity contribution is 7.92. The summed E-state index contributed by atoms with van der Waals surface area (Å²) in [7, 11) is -3.69. The van der Waals surface area contributed by atoms with Crippen LogP contribution in [0.25, 0.3) is 0 Å². The van der Waals surface area contributed by atoms with Crippen LogP contribution in [-0.4, -0.2) is 23.6 Å². The molecule has 2 rings (SSSR count). The van der Waals surface area contributed by atoms with E-state index < -0.39 is 16.0 Å². The second-order valence-electron chi connectivity index (χ2n) is 2.91. The molecule has 0 bridgehead atoms. The lowest BCUT2D eigenvalue weighted by molar-refractivity contribution is 0.583. The van der Waals surface area contributed by atoms with Crippen molar-refractivity contribution in [3.8, 4) is 0 Å². The number of hydrogen-bond donors (Lipinski definition) is 2. The molecular weight excluding hydrogens is 235 g/mol. The second kappa shape index (κ2) is 3.89. The quantitative estimate of drug-likeness (QED) is 0.777. The zero-order chi connectivity index (χ0) is 11.6. The van der Waals surface area contributed by atoms with Crippen LogP contribution in [0, 0.1) is 5.95 Å². The summed E-state index contributed by atoms with van der Waals surface area (Å²) in [6, 6.07) is 2.34. The molecule has 0 aliphatic rings. The van der Waals surface area contributed by atoms with Gasteiger partial charge in [0, 0.05) is 6.20 Å². The number of aromatic nitrogens is 3. The first kappa shape index (κ1) is 10.6. The SMILES string of the molecule is O=S(=O)(Nc1ccc(F)nc1)c1cn[nH]c1. The van der Waals surface area contributed by atoms with Gasteiger partial charge in [0.05, 0.1) is 18.1 Å². The fourth-order valence-corrected chi connectivity index (χ4v) is 1.98. The number of nitrogens with zero attached hydrogens (tertiary/aromatic N) is 2. The van der Waals surface area contributed by atoms with E-state index in [1.54, 1.807) is 0 Å². The van der Waals surface area contributed by atoms with E-state index in [0.29, 0.717) is 0 Å². The molecule has 0 radical (unpaired) electrons. The molecule has 2 N–H and O–H groups in total. The molecule has 2 heterocycles. The van der Waals surface area contributed by atoms with Crippen LogP contribution in [0.2, 0.25) is 0 Å². The number of H-pyrrole nitrogens is 1. The Labute approximate surface area is 90.6 Å². The molecule has 0 unspecified atom stereocenters. The summed E-state index contributed by atoms with van der Waals surface area (Å²) < 4.78 is 38.0. The van der Waals surface area contributed by atoms with E-state index in [2.05, 4.69) is 19.9 Å².